The molecule has 7 heteroatoms. The van der Waals surface area contributed by atoms with E-state index < -0.39 is 10.0 Å². The van der Waals surface area contributed by atoms with Crippen molar-refractivity contribution >= 4 is 27.3 Å². The van der Waals surface area contributed by atoms with Crippen LogP contribution in [0.4, 0.5) is 5.69 Å². The van der Waals surface area contributed by atoms with Gasteiger partial charge in [-0.3, -0.25) is 9.10 Å². The molecule has 3 rings (SSSR count). The lowest BCUT2D eigenvalue weighted by Crippen LogP contribution is -2.26. The first-order valence-electron chi connectivity index (χ1n) is 9.98. The highest BCUT2D eigenvalue weighted by Gasteiger charge is 2.21. The van der Waals surface area contributed by atoms with Gasteiger partial charge in [-0.25, -0.2) is 13.8 Å². The molecule has 1 fully saturated rings. The van der Waals surface area contributed by atoms with Crippen LogP contribution >= 0.6 is 0 Å². The summed E-state index contributed by atoms with van der Waals surface area (Å²) < 4.78 is 26.6. The van der Waals surface area contributed by atoms with E-state index in [1.807, 2.05) is 0 Å². The van der Waals surface area contributed by atoms with Crippen LogP contribution in [0.15, 0.2) is 64.6 Å². The van der Waals surface area contributed by atoms with Crippen LogP contribution in [0.25, 0.3) is 0 Å². The second-order valence-electron chi connectivity index (χ2n) is 7.22. The lowest BCUT2D eigenvalue weighted by atomic mass is 9.99. The summed E-state index contributed by atoms with van der Waals surface area (Å²) in [5.41, 5.74) is 4.61. The quantitative estimate of drug-likeness (QED) is 0.741. The molecule has 0 spiro atoms. The largest absolute Gasteiger partial charge is 0.271 e. The second kappa shape index (κ2) is 9.69. The van der Waals surface area contributed by atoms with Crippen molar-refractivity contribution in [2.45, 2.75) is 49.8 Å². The minimum atomic E-state index is -3.65. The van der Waals surface area contributed by atoms with Crippen molar-refractivity contribution in [2.75, 3.05) is 11.4 Å². The van der Waals surface area contributed by atoms with E-state index in [0.29, 0.717) is 11.3 Å². The van der Waals surface area contributed by atoms with Crippen LogP contribution < -0.4 is 9.73 Å². The molecule has 0 aromatic heterocycles. The molecule has 0 unspecified atom stereocenters. The first kappa shape index (κ1) is 21.0. The van der Waals surface area contributed by atoms with Gasteiger partial charge in [-0.05, 0) is 62.1 Å². The van der Waals surface area contributed by atoms with Gasteiger partial charge in [0.15, 0.2) is 0 Å². The molecule has 0 saturated heterocycles. The molecule has 1 aliphatic carbocycles. The van der Waals surface area contributed by atoms with Crippen molar-refractivity contribution < 1.29 is 13.2 Å². The van der Waals surface area contributed by atoms with E-state index in [1.54, 1.807) is 54.6 Å². The Balaban J connectivity index is 1.67. The number of amides is 1. The van der Waals surface area contributed by atoms with E-state index in [-0.39, 0.29) is 10.8 Å². The van der Waals surface area contributed by atoms with Crippen LogP contribution in [-0.2, 0) is 10.0 Å². The minimum absolute atomic E-state index is 0.222. The molecule has 1 saturated carbocycles. The summed E-state index contributed by atoms with van der Waals surface area (Å²) in [6.07, 6.45) is 7.81. The Labute approximate surface area is 172 Å². The Kier molecular flexibility index (Phi) is 7.04. The fourth-order valence-electron chi connectivity index (χ4n) is 3.33. The van der Waals surface area contributed by atoms with Gasteiger partial charge in [-0.15, -0.1) is 0 Å². The number of hydrazone groups is 1. The van der Waals surface area contributed by atoms with Crippen LogP contribution in [0.2, 0.25) is 0 Å². The number of benzene rings is 2. The van der Waals surface area contributed by atoms with Gasteiger partial charge in [0.25, 0.3) is 15.9 Å². The van der Waals surface area contributed by atoms with Gasteiger partial charge in [-0.1, -0.05) is 37.5 Å². The first-order valence-corrected chi connectivity index (χ1v) is 11.4. The van der Waals surface area contributed by atoms with E-state index in [1.165, 1.54) is 30.6 Å². The lowest BCUT2D eigenvalue weighted by molar-refractivity contribution is 0.0954. The molecule has 0 aliphatic heterocycles. The van der Waals surface area contributed by atoms with Crippen molar-refractivity contribution in [1.29, 1.82) is 0 Å². The SMILES string of the molecule is CN(c1ccc(C(=O)NN=C2CCCCCCC2)cc1)S(=O)(=O)c1ccccc1. The number of nitrogens with zero attached hydrogens (tertiary/aromatic N) is 2. The number of anilines is 1. The van der Waals surface area contributed by atoms with Crippen molar-refractivity contribution in [2.24, 2.45) is 5.10 Å². The minimum Gasteiger partial charge on any atom is -0.269 e. The molecule has 1 aliphatic rings. The third-order valence-corrected chi connectivity index (χ3v) is 6.94. The molecule has 0 radical (unpaired) electrons. The van der Waals surface area contributed by atoms with Gasteiger partial charge < -0.3 is 0 Å². The topological polar surface area (TPSA) is 78.8 Å². The van der Waals surface area contributed by atoms with Gasteiger partial charge in [0.2, 0.25) is 0 Å². The molecule has 1 amide bonds. The van der Waals surface area contributed by atoms with Crippen molar-refractivity contribution in [3.8, 4) is 0 Å². The smallest absolute Gasteiger partial charge is 0.269 e. The highest BCUT2D eigenvalue weighted by molar-refractivity contribution is 7.92. The Morgan fingerprint density at radius 1 is 0.897 bits per heavy atom. The molecule has 2 aromatic carbocycles. The van der Waals surface area contributed by atoms with Crippen molar-refractivity contribution in [1.82, 2.24) is 5.43 Å². The van der Waals surface area contributed by atoms with Crippen LogP contribution in [-0.4, -0.2) is 27.1 Å². The molecule has 6 nitrogen and oxygen atoms in total. The molecular formula is C22H27N3O3S. The van der Waals surface area contributed by atoms with E-state index >= 15 is 0 Å². The second-order valence-corrected chi connectivity index (χ2v) is 9.19. The lowest BCUT2D eigenvalue weighted by Gasteiger charge is -2.19. The number of carbonyl (C=O) groups excluding carboxylic acids is 1. The highest BCUT2D eigenvalue weighted by Crippen LogP contribution is 2.22. The normalized spacial score (nSPS) is 15.1. The zero-order valence-corrected chi connectivity index (χ0v) is 17.5. The standard InChI is InChI=1S/C22H27N3O3S/c1-25(29(27,28)21-12-8-5-9-13-21)20-16-14-18(15-17-20)22(26)24-23-19-10-6-3-2-4-7-11-19/h5,8-9,12-17H,2-4,6-7,10-11H2,1H3,(H,24,26). The van der Waals surface area contributed by atoms with E-state index in [0.717, 1.165) is 31.4 Å². The monoisotopic (exact) mass is 413 g/mol. The Morgan fingerprint density at radius 2 is 1.48 bits per heavy atom. The van der Waals surface area contributed by atoms with Crippen molar-refractivity contribution in [3.05, 3.63) is 60.2 Å². The first-order chi connectivity index (χ1) is 14.0. The van der Waals surface area contributed by atoms with E-state index in [9.17, 15) is 13.2 Å². The number of rotatable bonds is 5. The molecule has 0 atom stereocenters. The van der Waals surface area contributed by atoms with Gasteiger partial charge in [0, 0.05) is 18.3 Å². The Hall–Kier alpha value is -2.67. The molecular weight excluding hydrogens is 386 g/mol. The third kappa shape index (κ3) is 5.44. The van der Waals surface area contributed by atoms with Gasteiger partial charge in [0.05, 0.1) is 10.6 Å². The maximum atomic E-state index is 12.7. The van der Waals surface area contributed by atoms with Gasteiger partial charge in [0.1, 0.15) is 0 Å². The predicted octanol–water partition coefficient (Wildman–Crippen LogP) is 4.34. The maximum Gasteiger partial charge on any atom is 0.271 e. The number of carbonyl (C=O) groups is 1. The highest BCUT2D eigenvalue weighted by atomic mass is 32.2. The summed E-state index contributed by atoms with van der Waals surface area (Å²) in [5, 5.41) is 4.31. The summed E-state index contributed by atoms with van der Waals surface area (Å²) in [7, 11) is -2.15. The van der Waals surface area contributed by atoms with Crippen LogP contribution in [0.3, 0.4) is 0 Å². The van der Waals surface area contributed by atoms with Crippen molar-refractivity contribution in [3.63, 3.8) is 0 Å². The number of hydrogen-bond acceptors (Lipinski definition) is 4. The summed E-state index contributed by atoms with van der Waals surface area (Å²) in [6.45, 7) is 0. The number of sulfonamides is 1. The number of hydrogen-bond donors (Lipinski definition) is 1. The predicted molar refractivity (Wildman–Crippen MR) is 116 cm³/mol. The fraction of sp³-hybridized carbons (Fsp3) is 0.364. The third-order valence-electron chi connectivity index (χ3n) is 5.14. The van der Waals surface area contributed by atoms with Crippen LogP contribution in [0.1, 0.15) is 55.3 Å². The summed E-state index contributed by atoms with van der Waals surface area (Å²) in [4.78, 5) is 12.6. The summed E-state index contributed by atoms with van der Waals surface area (Å²) in [5.74, 6) is -0.292. The molecule has 29 heavy (non-hydrogen) atoms. The summed E-state index contributed by atoms with van der Waals surface area (Å²) in [6, 6.07) is 14.7. The molecule has 2 aromatic rings. The van der Waals surface area contributed by atoms with E-state index in [2.05, 4.69) is 10.5 Å². The zero-order valence-electron chi connectivity index (χ0n) is 16.7. The molecule has 1 N–H and O–H groups in total. The molecule has 0 bridgehead atoms. The van der Waals surface area contributed by atoms with Crippen LogP contribution in [0.5, 0.6) is 0 Å². The zero-order chi connectivity index (χ0) is 20.7. The molecule has 154 valence electrons. The Bertz CT molecular complexity index is 945. The van der Waals surface area contributed by atoms with Gasteiger partial charge >= 0.3 is 0 Å². The molecule has 0 heterocycles. The average molecular weight is 414 g/mol. The number of nitrogens with one attached hydrogen (secondary N) is 1. The fourth-order valence-corrected chi connectivity index (χ4v) is 4.55. The Morgan fingerprint density at radius 3 is 2.10 bits per heavy atom. The maximum absolute atomic E-state index is 12.7. The van der Waals surface area contributed by atoms with E-state index in [4.69, 9.17) is 0 Å². The van der Waals surface area contributed by atoms with Crippen LogP contribution in [0, 0.1) is 0 Å². The summed E-state index contributed by atoms with van der Waals surface area (Å²) >= 11 is 0. The van der Waals surface area contributed by atoms with Gasteiger partial charge in [-0.2, -0.15) is 5.10 Å². The average Bonchev–Trinajstić information content (AvgIpc) is 2.73.